The molecule has 2 aromatic carbocycles. The van der Waals surface area contributed by atoms with Gasteiger partial charge in [-0.05, 0) is 60.2 Å². The largest absolute Gasteiger partial charge is 0.322 e. The summed E-state index contributed by atoms with van der Waals surface area (Å²) in [5.41, 5.74) is 4.58. The highest BCUT2D eigenvalue weighted by Crippen LogP contribution is 2.24. The van der Waals surface area contributed by atoms with E-state index in [1.165, 1.54) is 5.56 Å². The van der Waals surface area contributed by atoms with Crippen LogP contribution in [-0.4, -0.2) is 22.5 Å². The van der Waals surface area contributed by atoms with E-state index in [0.29, 0.717) is 18.7 Å². The van der Waals surface area contributed by atoms with Gasteiger partial charge < -0.3 is 15.2 Å². The van der Waals surface area contributed by atoms with Crippen molar-refractivity contribution in [1.29, 1.82) is 0 Å². The second kappa shape index (κ2) is 6.09. The number of aromatic amines is 1. The zero-order valence-corrected chi connectivity index (χ0v) is 14.0. The van der Waals surface area contributed by atoms with Crippen LogP contribution in [0.5, 0.6) is 0 Å². The number of urea groups is 1. The summed E-state index contributed by atoms with van der Waals surface area (Å²) in [4.78, 5) is 29.1. The molecule has 25 heavy (non-hydrogen) atoms. The van der Waals surface area contributed by atoms with Crippen LogP contribution in [0, 0.1) is 6.92 Å². The summed E-state index contributed by atoms with van der Waals surface area (Å²) >= 11 is 0. The molecule has 0 saturated carbocycles. The summed E-state index contributed by atoms with van der Waals surface area (Å²) < 4.78 is 0. The van der Waals surface area contributed by atoms with Crippen LogP contribution in [0.4, 0.5) is 10.5 Å². The summed E-state index contributed by atoms with van der Waals surface area (Å²) in [7, 11) is 0. The van der Waals surface area contributed by atoms with E-state index in [1.807, 2.05) is 49.4 Å². The molecule has 0 aliphatic carbocycles. The van der Waals surface area contributed by atoms with Gasteiger partial charge in [-0.3, -0.25) is 4.79 Å². The molecule has 0 fully saturated rings. The number of rotatable bonds is 1. The number of pyridine rings is 1. The van der Waals surface area contributed by atoms with Gasteiger partial charge in [-0.2, -0.15) is 0 Å². The van der Waals surface area contributed by atoms with Gasteiger partial charge in [-0.25, -0.2) is 4.79 Å². The average Bonchev–Trinajstić information content (AvgIpc) is 2.61. The van der Waals surface area contributed by atoms with Crippen molar-refractivity contribution in [2.75, 3.05) is 11.9 Å². The maximum atomic E-state index is 12.5. The molecule has 2 amide bonds. The van der Waals surface area contributed by atoms with Crippen molar-refractivity contribution in [2.24, 2.45) is 0 Å². The number of carbonyl (C=O) groups excluding carboxylic acids is 1. The third-order valence-electron chi connectivity index (χ3n) is 4.67. The minimum Gasteiger partial charge on any atom is -0.322 e. The van der Waals surface area contributed by atoms with Crippen LogP contribution in [-0.2, 0) is 13.0 Å². The van der Waals surface area contributed by atoms with Crippen molar-refractivity contribution in [1.82, 2.24) is 9.88 Å². The van der Waals surface area contributed by atoms with E-state index in [4.69, 9.17) is 0 Å². The zero-order chi connectivity index (χ0) is 17.4. The molecule has 5 heteroatoms. The number of hydrogen-bond donors (Lipinski definition) is 2. The summed E-state index contributed by atoms with van der Waals surface area (Å²) in [5, 5.41) is 3.97. The van der Waals surface area contributed by atoms with E-state index in [0.717, 1.165) is 28.6 Å². The van der Waals surface area contributed by atoms with Crippen LogP contribution >= 0.6 is 0 Å². The molecule has 1 aromatic heterocycles. The van der Waals surface area contributed by atoms with E-state index in [1.54, 1.807) is 4.90 Å². The SMILES string of the molecule is Cc1cc2cc3c(cc2[nH]c1=O)CN(C(=O)Nc1ccccc1)CC3. The minimum absolute atomic E-state index is 0.0677. The van der Waals surface area contributed by atoms with E-state index in [2.05, 4.69) is 16.4 Å². The number of hydrogen-bond acceptors (Lipinski definition) is 2. The first-order valence-corrected chi connectivity index (χ1v) is 8.36. The molecule has 0 radical (unpaired) electrons. The fourth-order valence-corrected chi connectivity index (χ4v) is 3.27. The van der Waals surface area contributed by atoms with Crippen molar-refractivity contribution in [3.8, 4) is 0 Å². The Morgan fingerprint density at radius 3 is 2.72 bits per heavy atom. The average molecular weight is 333 g/mol. The first kappa shape index (κ1) is 15.4. The lowest BCUT2D eigenvalue weighted by Gasteiger charge is -2.29. The van der Waals surface area contributed by atoms with Crippen molar-refractivity contribution in [2.45, 2.75) is 19.9 Å². The number of fused-ring (bicyclic) bond motifs is 2. The topological polar surface area (TPSA) is 65.2 Å². The number of H-pyrrole nitrogens is 1. The quantitative estimate of drug-likeness (QED) is 0.716. The number of aryl methyl sites for hydroxylation is 1. The first-order valence-electron chi connectivity index (χ1n) is 8.36. The fourth-order valence-electron chi connectivity index (χ4n) is 3.27. The first-order chi connectivity index (χ1) is 12.1. The van der Waals surface area contributed by atoms with Crippen LogP contribution in [0.1, 0.15) is 16.7 Å². The smallest absolute Gasteiger partial charge is 0.322 e. The Morgan fingerprint density at radius 1 is 1.12 bits per heavy atom. The zero-order valence-electron chi connectivity index (χ0n) is 14.0. The summed E-state index contributed by atoms with van der Waals surface area (Å²) in [6, 6.07) is 15.4. The molecule has 0 unspecified atom stereocenters. The fraction of sp³-hybridized carbons (Fsp3) is 0.200. The maximum Gasteiger partial charge on any atom is 0.322 e. The summed E-state index contributed by atoms with van der Waals surface area (Å²) in [5.74, 6) is 0. The normalized spacial score (nSPS) is 13.6. The molecular weight excluding hydrogens is 314 g/mol. The van der Waals surface area contributed by atoms with Gasteiger partial charge in [0.05, 0.1) is 0 Å². The van der Waals surface area contributed by atoms with Crippen molar-refractivity contribution >= 4 is 22.6 Å². The van der Waals surface area contributed by atoms with E-state index < -0.39 is 0 Å². The van der Waals surface area contributed by atoms with Crippen LogP contribution < -0.4 is 10.9 Å². The molecule has 4 rings (SSSR count). The lowest BCUT2D eigenvalue weighted by Crippen LogP contribution is -2.38. The molecule has 5 nitrogen and oxygen atoms in total. The number of para-hydroxylation sites is 1. The van der Waals surface area contributed by atoms with E-state index >= 15 is 0 Å². The molecule has 0 spiro atoms. The lowest BCUT2D eigenvalue weighted by molar-refractivity contribution is 0.206. The number of anilines is 1. The third-order valence-corrected chi connectivity index (χ3v) is 4.67. The highest BCUT2D eigenvalue weighted by molar-refractivity contribution is 5.89. The summed E-state index contributed by atoms with van der Waals surface area (Å²) in [6.07, 6.45) is 0.811. The predicted molar refractivity (Wildman–Crippen MR) is 98.9 cm³/mol. The number of benzene rings is 2. The van der Waals surface area contributed by atoms with Gasteiger partial charge in [0, 0.05) is 29.9 Å². The van der Waals surface area contributed by atoms with Crippen molar-refractivity contribution in [3.63, 3.8) is 0 Å². The van der Waals surface area contributed by atoms with Crippen LogP contribution in [0.25, 0.3) is 10.9 Å². The Morgan fingerprint density at radius 2 is 1.92 bits per heavy atom. The van der Waals surface area contributed by atoms with Gasteiger partial charge in [0.15, 0.2) is 0 Å². The van der Waals surface area contributed by atoms with Gasteiger partial charge >= 0.3 is 6.03 Å². The Balaban J connectivity index is 1.60. The molecule has 1 aliphatic rings. The Labute approximate surface area is 145 Å². The lowest BCUT2D eigenvalue weighted by atomic mass is 9.97. The molecule has 1 aliphatic heterocycles. The maximum absolute atomic E-state index is 12.5. The monoisotopic (exact) mass is 333 g/mol. The molecule has 3 aromatic rings. The molecule has 126 valence electrons. The summed E-state index contributed by atoms with van der Waals surface area (Å²) in [6.45, 7) is 3.03. The Bertz CT molecular complexity index is 1010. The third kappa shape index (κ3) is 3.01. The minimum atomic E-state index is -0.102. The van der Waals surface area contributed by atoms with Crippen molar-refractivity contribution < 1.29 is 4.79 Å². The molecule has 2 heterocycles. The standard InChI is InChI=1S/C20H19N3O2/c1-13-9-15-10-14-7-8-23(12-16(14)11-18(15)22-19(13)24)20(25)21-17-5-3-2-4-6-17/h2-6,9-11H,7-8,12H2,1H3,(H,21,25)(H,22,24). The number of aromatic nitrogens is 1. The number of carbonyl (C=O) groups is 1. The van der Waals surface area contributed by atoms with Crippen LogP contribution in [0.2, 0.25) is 0 Å². The van der Waals surface area contributed by atoms with Gasteiger partial charge in [0.25, 0.3) is 5.56 Å². The Kier molecular flexibility index (Phi) is 3.76. The van der Waals surface area contributed by atoms with Gasteiger partial charge in [0.2, 0.25) is 0 Å². The van der Waals surface area contributed by atoms with Crippen LogP contribution in [0.15, 0.2) is 53.3 Å². The predicted octanol–water partition coefficient (Wildman–Crippen LogP) is 3.43. The van der Waals surface area contributed by atoms with E-state index in [-0.39, 0.29) is 11.6 Å². The second-order valence-corrected chi connectivity index (χ2v) is 6.46. The van der Waals surface area contributed by atoms with Crippen LogP contribution in [0.3, 0.4) is 0 Å². The van der Waals surface area contributed by atoms with Gasteiger partial charge in [-0.1, -0.05) is 18.2 Å². The highest BCUT2D eigenvalue weighted by atomic mass is 16.2. The molecular formula is C20H19N3O2. The number of nitrogens with zero attached hydrogens (tertiary/aromatic N) is 1. The highest BCUT2D eigenvalue weighted by Gasteiger charge is 2.21. The molecule has 0 bridgehead atoms. The van der Waals surface area contributed by atoms with Crippen molar-refractivity contribution in [3.05, 3.63) is 75.6 Å². The van der Waals surface area contributed by atoms with Gasteiger partial charge in [-0.15, -0.1) is 0 Å². The van der Waals surface area contributed by atoms with E-state index in [9.17, 15) is 9.59 Å². The number of amides is 2. The van der Waals surface area contributed by atoms with Gasteiger partial charge in [0.1, 0.15) is 0 Å². The second-order valence-electron chi connectivity index (χ2n) is 6.46. The molecule has 2 N–H and O–H groups in total. The Hall–Kier alpha value is -3.08. The molecule has 0 saturated heterocycles. The number of nitrogens with one attached hydrogen (secondary N) is 2. The molecule has 0 atom stereocenters.